The van der Waals surface area contributed by atoms with Gasteiger partial charge in [-0.05, 0) is 25.2 Å². The Balaban J connectivity index is 2.22. The van der Waals surface area contributed by atoms with Crippen molar-refractivity contribution in [1.82, 2.24) is 15.3 Å². The van der Waals surface area contributed by atoms with E-state index >= 15 is 0 Å². The van der Waals surface area contributed by atoms with Gasteiger partial charge in [0, 0.05) is 33.7 Å². The van der Waals surface area contributed by atoms with Crippen LogP contribution in [-0.4, -0.2) is 17.0 Å². The maximum absolute atomic E-state index is 6.23. The van der Waals surface area contributed by atoms with Gasteiger partial charge < -0.3 is 5.32 Å². The third kappa shape index (κ3) is 2.23. The lowest BCUT2D eigenvalue weighted by Gasteiger charge is -2.16. The van der Waals surface area contributed by atoms with Crippen molar-refractivity contribution in [2.75, 3.05) is 7.05 Å². The predicted molar refractivity (Wildman–Crippen MR) is 79.8 cm³/mol. The largest absolute Gasteiger partial charge is 0.307 e. The van der Waals surface area contributed by atoms with E-state index in [1.807, 2.05) is 42.9 Å². The van der Waals surface area contributed by atoms with Gasteiger partial charge in [0.25, 0.3) is 0 Å². The number of nitrogens with zero attached hydrogens (tertiary/aromatic N) is 2. The summed E-state index contributed by atoms with van der Waals surface area (Å²) in [7, 11) is 1.93. The van der Waals surface area contributed by atoms with Crippen LogP contribution in [0.4, 0.5) is 0 Å². The molecule has 3 aromatic rings. The van der Waals surface area contributed by atoms with Crippen LogP contribution in [0.1, 0.15) is 16.6 Å². The summed E-state index contributed by atoms with van der Waals surface area (Å²) in [6, 6.07) is 7.85. The van der Waals surface area contributed by atoms with Gasteiger partial charge in [0.15, 0.2) is 0 Å². The quantitative estimate of drug-likeness (QED) is 0.800. The number of aromatic nitrogens is 2. The molecule has 1 unspecified atom stereocenters. The van der Waals surface area contributed by atoms with Crippen LogP contribution in [0.2, 0.25) is 5.02 Å². The minimum atomic E-state index is 0.0367. The van der Waals surface area contributed by atoms with Gasteiger partial charge in [-0.15, -0.1) is 11.3 Å². The zero-order valence-corrected chi connectivity index (χ0v) is 11.9. The first kappa shape index (κ1) is 12.5. The smallest absolute Gasteiger partial charge is 0.114 e. The Morgan fingerprint density at radius 3 is 2.84 bits per heavy atom. The van der Waals surface area contributed by atoms with Gasteiger partial charge in [0.1, 0.15) is 5.01 Å². The molecule has 0 bridgehead atoms. The molecule has 96 valence electrons. The highest BCUT2D eigenvalue weighted by atomic mass is 35.5. The van der Waals surface area contributed by atoms with Crippen LogP contribution in [0.5, 0.6) is 0 Å². The first-order valence-corrected chi connectivity index (χ1v) is 7.17. The topological polar surface area (TPSA) is 37.8 Å². The summed E-state index contributed by atoms with van der Waals surface area (Å²) < 4.78 is 0. The van der Waals surface area contributed by atoms with Crippen LogP contribution in [0.15, 0.2) is 42.0 Å². The molecule has 2 aromatic heterocycles. The Morgan fingerprint density at radius 2 is 2.11 bits per heavy atom. The van der Waals surface area contributed by atoms with Crippen LogP contribution in [-0.2, 0) is 0 Å². The van der Waals surface area contributed by atoms with E-state index in [1.54, 1.807) is 17.5 Å². The van der Waals surface area contributed by atoms with E-state index in [9.17, 15) is 0 Å². The van der Waals surface area contributed by atoms with Crippen LogP contribution >= 0.6 is 22.9 Å². The summed E-state index contributed by atoms with van der Waals surface area (Å²) in [5.41, 5.74) is 2.02. The molecule has 3 rings (SSSR count). The molecule has 5 heteroatoms. The number of benzene rings is 1. The predicted octanol–water partition coefficient (Wildman–Crippen LogP) is 3.65. The fourth-order valence-corrected chi connectivity index (χ4v) is 3.16. The number of thiazole rings is 1. The number of hydrogen-bond donors (Lipinski definition) is 1. The van der Waals surface area contributed by atoms with Crippen molar-refractivity contribution in [2.45, 2.75) is 6.04 Å². The van der Waals surface area contributed by atoms with E-state index in [4.69, 9.17) is 11.6 Å². The zero-order valence-electron chi connectivity index (χ0n) is 10.3. The van der Waals surface area contributed by atoms with E-state index in [1.165, 1.54) is 0 Å². The van der Waals surface area contributed by atoms with E-state index in [0.717, 1.165) is 26.5 Å². The first-order valence-electron chi connectivity index (χ1n) is 5.91. The molecule has 0 aliphatic rings. The third-order valence-corrected chi connectivity index (χ3v) is 4.22. The first-order chi connectivity index (χ1) is 9.31. The average Bonchev–Trinajstić information content (AvgIpc) is 2.96. The summed E-state index contributed by atoms with van der Waals surface area (Å²) in [5.74, 6) is 0. The maximum atomic E-state index is 6.23. The summed E-state index contributed by atoms with van der Waals surface area (Å²) in [6.45, 7) is 0. The van der Waals surface area contributed by atoms with Crippen molar-refractivity contribution in [2.24, 2.45) is 0 Å². The van der Waals surface area contributed by atoms with Crippen LogP contribution in [0, 0.1) is 0 Å². The second kappa shape index (κ2) is 5.25. The van der Waals surface area contributed by atoms with Crippen molar-refractivity contribution >= 4 is 33.8 Å². The molecular weight excluding hydrogens is 278 g/mol. The molecule has 1 atom stereocenters. The van der Waals surface area contributed by atoms with E-state index < -0.39 is 0 Å². The van der Waals surface area contributed by atoms with Gasteiger partial charge in [-0.2, -0.15) is 0 Å². The van der Waals surface area contributed by atoms with Gasteiger partial charge in [-0.3, -0.25) is 4.98 Å². The number of halogens is 1. The fraction of sp³-hybridized carbons (Fsp3) is 0.143. The highest BCUT2D eigenvalue weighted by Gasteiger charge is 2.18. The van der Waals surface area contributed by atoms with Crippen molar-refractivity contribution < 1.29 is 0 Å². The molecule has 2 heterocycles. The number of pyridine rings is 1. The van der Waals surface area contributed by atoms with Crippen LogP contribution < -0.4 is 5.32 Å². The van der Waals surface area contributed by atoms with Crippen molar-refractivity contribution in [3.05, 3.63) is 57.6 Å². The highest BCUT2D eigenvalue weighted by molar-refractivity contribution is 7.09. The van der Waals surface area contributed by atoms with Crippen molar-refractivity contribution in [3.8, 4) is 0 Å². The number of fused-ring (bicyclic) bond motifs is 1. The summed E-state index contributed by atoms with van der Waals surface area (Å²) in [6.07, 6.45) is 3.60. The maximum Gasteiger partial charge on any atom is 0.114 e. The summed E-state index contributed by atoms with van der Waals surface area (Å²) in [5, 5.41) is 7.99. The Hall–Kier alpha value is -1.49. The molecule has 3 nitrogen and oxygen atoms in total. The van der Waals surface area contributed by atoms with Gasteiger partial charge in [0.2, 0.25) is 0 Å². The second-order valence-corrected chi connectivity index (χ2v) is 5.46. The molecule has 0 aliphatic heterocycles. The standard InChI is InChI=1S/C14H12ClN3S/c1-16-13(14-18-7-8-19-14)10-4-5-11(15)9-3-2-6-17-12(9)10/h2-8,13,16H,1H3. The van der Waals surface area contributed by atoms with E-state index in [-0.39, 0.29) is 6.04 Å². The lowest BCUT2D eigenvalue weighted by molar-refractivity contribution is 0.690. The van der Waals surface area contributed by atoms with Crippen molar-refractivity contribution in [3.63, 3.8) is 0 Å². The Kier molecular flexibility index (Phi) is 3.46. The molecule has 0 amide bonds. The fourth-order valence-electron chi connectivity index (χ4n) is 2.18. The molecule has 0 aliphatic carbocycles. The van der Waals surface area contributed by atoms with Gasteiger partial charge in [-0.25, -0.2) is 4.98 Å². The summed E-state index contributed by atoms with van der Waals surface area (Å²) >= 11 is 7.86. The highest BCUT2D eigenvalue weighted by Crippen LogP contribution is 2.31. The lowest BCUT2D eigenvalue weighted by atomic mass is 10.0. The Bertz CT molecular complexity index is 697. The molecule has 0 fully saturated rings. The zero-order chi connectivity index (χ0) is 13.2. The average molecular weight is 290 g/mol. The van der Waals surface area contributed by atoms with Gasteiger partial charge in [-0.1, -0.05) is 17.7 Å². The Morgan fingerprint density at radius 1 is 1.21 bits per heavy atom. The van der Waals surface area contributed by atoms with E-state index in [0.29, 0.717) is 0 Å². The summed E-state index contributed by atoms with van der Waals surface area (Å²) in [4.78, 5) is 8.86. The Labute approximate surface area is 120 Å². The molecule has 1 aromatic carbocycles. The van der Waals surface area contributed by atoms with Crippen molar-refractivity contribution in [1.29, 1.82) is 0 Å². The molecule has 0 saturated carbocycles. The molecule has 0 radical (unpaired) electrons. The number of rotatable bonds is 3. The lowest BCUT2D eigenvalue weighted by Crippen LogP contribution is -2.18. The molecule has 19 heavy (non-hydrogen) atoms. The number of nitrogens with one attached hydrogen (secondary N) is 1. The molecule has 0 spiro atoms. The normalized spacial score (nSPS) is 12.7. The minimum Gasteiger partial charge on any atom is -0.307 e. The molecule has 1 N–H and O–H groups in total. The second-order valence-electron chi connectivity index (χ2n) is 4.13. The molecular formula is C14H12ClN3S. The monoisotopic (exact) mass is 289 g/mol. The van der Waals surface area contributed by atoms with Crippen LogP contribution in [0.25, 0.3) is 10.9 Å². The van der Waals surface area contributed by atoms with Gasteiger partial charge >= 0.3 is 0 Å². The SMILES string of the molecule is CNC(c1nccs1)c1ccc(Cl)c2cccnc12. The number of hydrogen-bond acceptors (Lipinski definition) is 4. The van der Waals surface area contributed by atoms with Crippen LogP contribution in [0.3, 0.4) is 0 Å². The van der Waals surface area contributed by atoms with E-state index in [2.05, 4.69) is 15.3 Å². The third-order valence-electron chi connectivity index (χ3n) is 3.05. The minimum absolute atomic E-state index is 0.0367. The van der Waals surface area contributed by atoms with Gasteiger partial charge in [0.05, 0.1) is 11.6 Å². The molecule has 0 saturated heterocycles.